The zero-order valence-electron chi connectivity index (χ0n) is 27.3. The van der Waals surface area contributed by atoms with E-state index in [1.54, 1.807) is 37.8 Å². The minimum Gasteiger partial charge on any atom is -0.444 e. The molecule has 0 spiro atoms. The fourth-order valence-electron chi connectivity index (χ4n) is 5.30. The van der Waals surface area contributed by atoms with Crippen LogP contribution in [0.3, 0.4) is 0 Å². The van der Waals surface area contributed by atoms with Crippen LogP contribution in [0.25, 0.3) is 0 Å². The maximum Gasteiger partial charge on any atom is 0.494 e. The second-order valence-corrected chi connectivity index (χ2v) is 14.0. The van der Waals surface area contributed by atoms with Gasteiger partial charge in [0.25, 0.3) is 0 Å². The SMILES string of the molecule is CC(CCNc1ccc(CN2CCN(C(=O)OC(C)(C)C)CC2)c(C(F)(F)F)c1)c1ccc(B2OC(C)(C)C(C)(C)O2)cc1. The Morgan fingerprint density at radius 1 is 0.977 bits per heavy atom. The average Bonchev–Trinajstić information content (AvgIpc) is 3.14. The van der Waals surface area contributed by atoms with Crippen LogP contribution in [0.2, 0.25) is 0 Å². The number of carbonyl (C=O) groups excluding carboxylic acids is 1. The van der Waals surface area contributed by atoms with Crippen LogP contribution in [0.15, 0.2) is 42.5 Å². The highest BCUT2D eigenvalue weighted by Gasteiger charge is 2.51. The first-order valence-corrected chi connectivity index (χ1v) is 15.4. The number of nitrogens with one attached hydrogen (secondary N) is 1. The smallest absolute Gasteiger partial charge is 0.444 e. The molecule has 2 fully saturated rings. The van der Waals surface area contributed by atoms with Gasteiger partial charge in [0.15, 0.2) is 0 Å². The molecule has 7 nitrogen and oxygen atoms in total. The Kier molecular flexibility index (Phi) is 10.0. The molecule has 11 heteroatoms. The number of benzene rings is 2. The Morgan fingerprint density at radius 3 is 2.11 bits per heavy atom. The monoisotopic (exact) mass is 617 g/mol. The molecule has 2 aromatic carbocycles. The van der Waals surface area contributed by atoms with Gasteiger partial charge in [-0.15, -0.1) is 0 Å². The molecule has 2 heterocycles. The highest BCUT2D eigenvalue weighted by Crippen LogP contribution is 2.37. The number of hydrogen-bond donors (Lipinski definition) is 1. The van der Waals surface area contributed by atoms with E-state index in [4.69, 9.17) is 14.0 Å². The van der Waals surface area contributed by atoms with Crippen molar-refractivity contribution < 1.29 is 32.0 Å². The molecule has 1 N–H and O–H groups in total. The van der Waals surface area contributed by atoms with Crippen molar-refractivity contribution >= 4 is 24.4 Å². The first kappa shape index (κ1) is 34.1. The molecular formula is C33H47BF3N3O4. The molecule has 2 aliphatic heterocycles. The maximum atomic E-state index is 14.1. The number of anilines is 1. The van der Waals surface area contributed by atoms with Gasteiger partial charge < -0.3 is 24.3 Å². The summed E-state index contributed by atoms with van der Waals surface area (Å²) in [5, 5.41) is 3.19. The minimum absolute atomic E-state index is 0.163. The van der Waals surface area contributed by atoms with Gasteiger partial charge in [0.1, 0.15) is 5.60 Å². The molecule has 2 saturated heterocycles. The lowest BCUT2D eigenvalue weighted by molar-refractivity contribution is -0.138. The van der Waals surface area contributed by atoms with Crippen LogP contribution in [0.4, 0.5) is 23.7 Å². The summed E-state index contributed by atoms with van der Waals surface area (Å²) in [5.41, 5.74) is 0.737. The van der Waals surface area contributed by atoms with Crippen LogP contribution >= 0.6 is 0 Å². The molecule has 242 valence electrons. The van der Waals surface area contributed by atoms with Gasteiger partial charge in [-0.2, -0.15) is 13.2 Å². The Labute approximate surface area is 260 Å². The van der Waals surface area contributed by atoms with E-state index in [0.29, 0.717) is 38.4 Å². The molecule has 4 rings (SSSR count). The first-order valence-electron chi connectivity index (χ1n) is 15.4. The van der Waals surface area contributed by atoms with Crippen molar-refractivity contribution in [3.63, 3.8) is 0 Å². The van der Waals surface area contributed by atoms with Gasteiger partial charge in [0.2, 0.25) is 0 Å². The first-order chi connectivity index (χ1) is 20.3. The van der Waals surface area contributed by atoms with E-state index >= 15 is 0 Å². The van der Waals surface area contributed by atoms with Crippen molar-refractivity contribution in [3.05, 3.63) is 59.2 Å². The molecule has 44 heavy (non-hydrogen) atoms. The highest BCUT2D eigenvalue weighted by atomic mass is 19.4. The van der Waals surface area contributed by atoms with E-state index in [1.807, 2.05) is 44.7 Å². The molecule has 1 atom stereocenters. The van der Waals surface area contributed by atoms with Gasteiger partial charge in [0, 0.05) is 45.0 Å². The highest BCUT2D eigenvalue weighted by molar-refractivity contribution is 6.62. The predicted octanol–water partition coefficient (Wildman–Crippen LogP) is 6.66. The van der Waals surface area contributed by atoms with E-state index in [1.165, 1.54) is 6.07 Å². The normalized spacial score (nSPS) is 19.6. The van der Waals surface area contributed by atoms with Crippen LogP contribution < -0.4 is 10.8 Å². The third-order valence-electron chi connectivity index (χ3n) is 8.77. The van der Waals surface area contributed by atoms with Crippen LogP contribution in [0.1, 0.15) is 84.4 Å². The average molecular weight is 618 g/mol. The Morgan fingerprint density at radius 2 is 1.57 bits per heavy atom. The second kappa shape index (κ2) is 12.9. The maximum absolute atomic E-state index is 14.1. The topological polar surface area (TPSA) is 63.3 Å². The Bertz CT molecular complexity index is 1270. The molecule has 0 bridgehead atoms. The lowest BCUT2D eigenvalue weighted by atomic mass is 9.78. The van der Waals surface area contributed by atoms with Gasteiger partial charge in [-0.3, -0.25) is 4.90 Å². The minimum atomic E-state index is -4.47. The lowest BCUT2D eigenvalue weighted by Gasteiger charge is -2.36. The summed E-state index contributed by atoms with van der Waals surface area (Å²) in [4.78, 5) is 15.9. The summed E-state index contributed by atoms with van der Waals surface area (Å²) in [6, 6.07) is 12.6. The Balaban J connectivity index is 1.30. The van der Waals surface area contributed by atoms with E-state index in [0.717, 1.165) is 17.4 Å². The summed E-state index contributed by atoms with van der Waals surface area (Å²) in [5.74, 6) is 0.204. The fraction of sp³-hybridized carbons (Fsp3) is 0.606. The molecular weight excluding hydrogens is 570 g/mol. The number of alkyl halides is 3. The number of amides is 1. The number of carbonyl (C=O) groups is 1. The number of ether oxygens (including phenoxy) is 1. The van der Waals surface area contributed by atoms with Crippen molar-refractivity contribution in [1.82, 2.24) is 9.80 Å². The summed E-state index contributed by atoms with van der Waals surface area (Å²) < 4.78 is 59.9. The van der Waals surface area contributed by atoms with Crippen LogP contribution in [0.5, 0.6) is 0 Å². The third-order valence-corrected chi connectivity index (χ3v) is 8.77. The zero-order valence-corrected chi connectivity index (χ0v) is 27.3. The zero-order chi connectivity index (χ0) is 32.5. The van der Waals surface area contributed by atoms with Gasteiger partial charge in [-0.25, -0.2) is 4.79 Å². The largest absolute Gasteiger partial charge is 0.494 e. The van der Waals surface area contributed by atoms with Crippen LogP contribution in [0, 0.1) is 0 Å². The number of piperazine rings is 1. The predicted molar refractivity (Wildman–Crippen MR) is 168 cm³/mol. The standard InChI is InChI=1S/C33H47BF3N3O4/c1-23(24-9-12-26(13-10-24)34-43-31(5,6)32(7,8)44-34)15-16-38-27-14-11-25(28(21-27)33(35,36)37)22-39-17-19-40(20-18-39)29(41)42-30(2,3)4/h9-14,21,23,38H,15-20,22H2,1-8H3. The van der Waals surface area contributed by atoms with Gasteiger partial charge in [-0.05, 0) is 89.5 Å². The number of hydrogen-bond acceptors (Lipinski definition) is 6. The Hall–Kier alpha value is -2.76. The number of halogens is 3. The summed E-state index contributed by atoms with van der Waals surface area (Å²) in [6.45, 7) is 18.1. The van der Waals surface area contributed by atoms with Crippen molar-refractivity contribution in [1.29, 1.82) is 0 Å². The molecule has 0 aliphatic carbocycles. The van der Waals surface area contributed by atoms with Crippen molar-refractivity contribution in [3.8, 4) is 0 Å². The third kappa shape index (κ3) is 8.49. The van der Waals surface area contributed by atoms with Crippen LogP contribution in [-0.2, 0) is 26.8 Å². The quantitative estimate of drug-likeness (QED) is 0.335. The van der Waals surface area contributed by atoms with Crippen molar-refractivity contribution in [2.75, 3.05) is 38.0 Å². The summed E-state index contributed by atoms with van der Waals surface area (Å²) in [7, 11) is -0.418. The van der Waals surface area contributed by atoms with Crippen molar-refractivity contribution in [2.45, 2.75) is 97.3 Å². The summed E-state index contributed by atoms with van der Waals surface area (Å²) in [6.07, 6.45) is -4.12. The second-order valence-electron chi connectivity index (χ2n) is 14.0. The molecule has 1 amide bonds. The van der Waals surface area contributed by atoms with E-state index in [2.05, 4.69) is 24.4 Å². The van der Waals surface area contributed by atoms with E-state index < -0.39 is 41.8 Å². The van der Waals surface area contributed by atoms with Crippen LogP contribution in [-0.4, -0.2) is 72.5 Å². The van der Waals surface area contributed by atoms with E-state index in [-0.39, 0.29) is 18.0 Å². The fourth-order valence-corrected chi connectivity index (χ4v) is 5.30. The molecule has 1 unspecified atom stereocenters. The van der Waals surface area contributed by atoms with Gasteiger partial charge in [-0.1, -0.05) is 37.3 Å². The number of nitrogens with zero attached hydrogens (tertiary/aromatic N) is 2. The molecule has 2 aliphatic rings. The molecule has 2 aromatic rings. The molecule has 0 radical (unpaired) electrons. The lowest BCUT2D eigenvalue weighted by Crippen LogP contribution is -2.49. The van der Waals surface area contributed by atoms with Gasteiger partial charge >= 0.3 is 19.4 Å². The number of rotatable bonds is 8. The molecule has 0 saturated carbocycles. The van der Waals surface area contributed by atoms with E-state index in [9.17, 15) is 18.0 Å². The summed E-state index contributed by atoms with van der Waals surface area (Å²) >= 11 is 0. The van der Waals surface area contributed by atoms with Crippen molar-refractivity contribution in [2.24, 2.45) is 0 Å². The molecule has 0 aromatic heterocycles. The van der Waals surface area contributed by atoms with Gasteiger partial charge in [0.05, 0.1) is 16.8 Å².